The van der Waals surface area contributed by atoms with Crippen molar-refractivity contribution in [1.82, 2.24) is 9.88 Å². The van der Waals surface area contributed by atoms with Gasteiger partial charge in [0.2, 0.25) is 0 Å². The number of hydrogen-bond acceptors (Lipinski definition) is 5. The normalized spacial score (nSPS) is 23.8. The zero-order chi connectivity index (χ0) is 12.7. The number of anilines is 1. The number of ketones is 1. The predicted molar refractivity (Wildman–Crippen MR) is 73.7 cm³/mol. The van der Waals surface area contributed by atoms with Gasteiger partial charge in [0.05, 0.1) is 0 Å². The van der Waals surface area contributed by atoms with Gasteiger partial charge in [0, 0.05) is 30.4 Å². The molecule has 1 aromatic rings. The second-order valence-corrected chi connectivity index (χ2v) is 6.46. The van der Waals surface area contributed by atoms with E-state index in [0.717, 1.165) is 36.8 Å². The Morgan fingerprint density at radius 2 is 2.22 bits per heavy atom. The Labute approximate surface area is 112 Å². The highest BCUT2D eigenvalue weighted by Crippen LogP contribution is 2.33. The minimum Gasteiger partial charge on any atom is -0.346 e. The SMILES string of the molecule is CN(C)C1CCN(c2nc3c(s2)CCCC3=O)C1. The van der Waals surface area contributed by atoms with Gasteiger partial charge in [0.25, 0.3) is 0 Å². The molecule has 1 unspecified atom stereocenters. The predicted octanol–water partition coefficient (Wildman–Crippen LogP) is 1.80. The van der Waals surface area contributed by atoms with Crippen LogP contribution in [0.1, 0.15) is 34.6 Å². The standard InChI is InChI=1S/C13H19N3OS/c1-15(2)9-6-7-16(8-9)13-14-12-10(17)4-3-5-11(12)18-13/h9H,3-8H2,1-2H3. The Bertz CT molecular complexity index is 469. The molecule has 0 radical (unpaired) electrons. The first-order valence-corrected chi connectivity index (χ1v) is 7.41. The van der Waals surface area contributed by atoms with Crippen molar-refractivity contribution >= 4 is 22.3 Å². The number of aromatic nitrogens is 1. The second kappa shape index (κ2) is 4.63. The molecule has 0 amide bonds. The quantitative estimate of drug-likeness (QED) is 0.817. The molecule has 1 aliphatic carbocycles. The van der Waals surface area contributed by atoms with Crippen LogP contribution in [-0.2, 0) is 6.42 Å². The Balaban J connectivity index is 1.80. The maximum Gasteiger partial charge on any atom is 0.186 e. The van der Waals surface area contributed by atoms with Crippen molar-refractivity contribution in [1.29, 1.82) is 0 Å². The molecule has 1 saturated heterocycles. The van der Waals surface area contributed by atoms with Gasteiger partial charge < -0.3 is 9.80 Å². The first-order chi connectivity index (χ1) is 8.65. The summed E-state index contributed by atoms with van der Waals surface area (Å²) in [5, 5.41) is 1.06. The lowest BCUT2D eigenvalue weighted by Crippen LogP contribution is -2.31. The van der Waals surface area contributed by atoms with E-state index in [9.17, 15) is 4.79 Å². The van der Waals surface area contributed by atoms with E-state index in [-0.39, 0.29) is 5.78 Å². The van der Waals surface area contributed by atoms with Crippen molar-refractivity contribution in [2.75, 3.05) is 32.1 Å². The molecule has 1 aromatic heterocycles. The van der Waals surface area contributed by atoms with Crippen molar-refractivity contribution in [2.45, 2.75) is 31.7 Å². The zero-order valence-corrected chi connectivity index (χ0v) is 11.8. The molecule has 2 aliphatic rings. The molecule has 5 heteroatoms. The maximum absolute atomic E-state index is 11.8. The highest BCUT2D eigenvalue weighted by molar-refractivity contribution is 7.16. The molecule has 1 atom stereocenters. The van der Waals surface area contributed by atoms with E-state index in [1.165, 1.54) is 11.3 Å². The number of thiazole rings is 1. The summed E-state index contributed by atoms with van der Waals surface area (Å²) in [5.74, 6) is 0.238. The van der Waals surface area contributed by atoms with Gasteiger partial charge in [0.1, 0.15) is 5.69 Å². The minimum atomic E-state index is 0.238. The largest absolute Gasteiger partial charge is 0.346 e. The van der Waals surface area contributed by atoms with Crippen LogP contribution in [0.3, 0.4) is 0 Å². The van der Waals surface area contributed by atoms with Gasteiger partial charge in [-0.3, -0.25) is 4.79 Å². The van der Waals surface area contributed by atoms with Crippen LogP contribution in [0.2, 0.25) is 0 Å². The lowest BCUT2D eigenvalue weighted by atomic mass is 10.0. The summed E-state index contributed by atoms with van der Waals surface area (Å²) in [6.45, 7) is 2.09. The number of nitrogens with zero attached hydrogens (tertiary/aromatic N) is 3. The van der Waals surface area contributed by atoms with E-state index in [2.05, 4.69) is 28.9 Å². The van der Waals surface area contributed by atoms with Gasteiger partial charge >= 0.3 is 0 Å². The van der Waals surface area contributed by atoms with Gasteiger partial charge in [-0.15, -0.1) is 11.3 Å². The highest BCUT2D eigenvalue weighted by Gasteiger charge is 2.29. The molecule has 3 rings (SSSR count). The highest BCUT2D eigenvalue weighted by atomic mass is 32.1. The fraction of sp³-hybridized carbons (Fsp3) is 0.692. The monoisotopic (exact) mass is 265 g/mol. The summed E-state index contributed by atoms with van der Waals surface area (Å²) in [4.78, 5) is 22.2. The summed E-state index contributed by atoms with van der Waals surface area (Å²) >= 11 is 1.73. The number of rotatable bonds is 2. The third kappa shape index (κ3) is 2.06. The smallest absolute Gasteiger partial charge is 0.186 e. The molecule has 4 nitrogen and oxygen atoms in total. The number of Topliss-reactive ketones (excluding diaryl/α,β-unsaturated/α-hetero) is 1. The van der Waals surface area contributed by atoms with E-state index in [1.54, 1.807) is 11.3 Å². The number of hydrogen-bond donors (Lipinski definition) is 0. The van der Waals surface area contributed by atoms with Crippen LogP contribution in [0.4, 0.5) is 5.13 Å². The topological polar surface area (TPSA) is 36.4 Å². The maximum atomic E-state index is 11.8. The van der Waals surface area contributed by atoms with Gasteiger partial charge in [0.15, 0.2) is 10.9 Å². The zero-order valence-electron chi connectivity index (χ0n) is 11.0. The van der Waals surface area contributed by atoms with Gasteiger partial charge in [-0.2, -0.15) is 0 Å². The van der Waals surface area contributed by atoms with Gasteiger partial charge in [-0.1, -0.05) is 0 Å². The molecule has 1 fully saturated rings. The molecule has 1 aliphatic heterocycles. The van der Waals surface area contributed by atoms with Crippen molar-refractivity contribution in [3.05, 3.63) is 10.6 Å². The first kappa shape index (κ1) is 12.1. The lowest BCUT2D eigenvalue weighted by Gasteiger charge is -2.19. The number of carbonyl (C=O) groups is 1. The van der Waals surface area contributed by atoms with Gasteiger partial charge in [-0.25, -0.2) is 4.98 Å². The van der Waals surface area contributed by atoms with E-state index < -0.39 is 0 Å². The molecule has 2 heterocycles. The molecule has 0 bridgehead atoms. The molecule has 0 N–H and O–H groups in total. The molecule has 0 spiro atoms. The average molecular weight is 265 g/mol. The van der Waals surface area contributed by atoms with Gasteiger partial charge in [-0.05, 0) is 33.4 Å². The Hall–Kier alpha value is -0.940. The van der Waals surface area contributed by atoms with E-state index in [1.807, 2.05) is 0 Å². The number of aryl methyl sites for hydroxylation is 1. The van der Waals surface area contributed by atoms with Crippen LogP contribution in [0.25, 0.3) is 0 Å². The van der Waals surface area contributed by atoms with Crippen molar-refractivity contribution in [2.24, 2.45) is 0 Å². The number of carbonyl (C=O) groups excluding carboxylic acids is 1. The fourth-order valence-corrected chi connectivity index (χ4v) is 3.88. The molecule has 0 aromatic carbocycles. The lowest BCUT2D eigenvalue weighted by molar-refractivity contribution is 0.0968. The van der Waals surface area contributed by atoms with E-state index in [4.69, 9.17) is 0 Å². The van der Waals surface area contributed by atoms with Crippen LogP contribution in [0, 0.1) is 0 Å². The van der Waals surface area contributed by atoms with Crippen LogP contribution in [0.5, 0.6) is 0 Å². The summed E-state index contributed by atoms with van der Waals surface area (Å²) in [7, 11) is 4.26. The molecular formula is C13H19N3OS. The summed E-state index contributed by atoms with van der Waals surface area (Å²) in [5.41, 5.74) is 0.759. The minimum absolute atomic E-state index is 0.238. The van der Waals surface area contributed by atoms with Crippen LogP contribution < -0.4 is 4.90 Å². The third-order valence-electron chi connectivity index (χ3n) is 3.92. The Morgan fingerprint density at radius 3 is 2.89 bits per heavy atom. The molecular weight excluding hydrogens is 246 g/mol. The van der Waals surface area contributed by atoms with Crippen molar-refractivity contribution in [3.63, 3.8) is 0 Å². The van der Waals surface area contributed by atoms with E-state index >= 15 is 0 Å². The number of likely N-dealkylation sites (N-methyl/N-ethyl adjacent to an activating group) is 1. The van der Waals surface area contributed by atoms with Crippen LogP contribution >= 0.6 is 11.3 Å². The number of fused-ring (bicyclic) bond motifs is 1. The molecule has 98 valence electrons. The van der Waals surface area contributed by atoms with Crippen LogP contribution in [-0.4, -0.2) is 48.9 Å². The van der Waals surface area contributed by atoms with E-state index in [0.29, 0.717) is 12.5 Å². The Morgan fingerprint density at radius 1 is 1.39 bits per heavy atom. The summed E-state index contributed by atoms with van der Waals surface area (Å²) in [6.07, 6.45) is 3.89. The molecule has 18 heavy (non-hydrogen) atoms. The fourth-order valence-electron chi connectivity index (χ4n) is 2.73. The average Bonchev–Trinajstić information content (AvgIpc) is 2.95. The van der Waals surface area contributed by atoms with Crippen molar-refractivity contribution in [3.8, 4) is 0 Å². The van der Waals surface area contributed by atoms with Crippen LogP contribution in [0.15, 0.2) is 0 Å². The summed E-state index contributed by atoms with van der Waals surface area (Å²) < 4.78 is 0. The summed E-state index contributed by atoms with van der Waals surface area (Å²) in [6, 6.07) is 0.613. The first-order valence-electron chi connectivity index (χ1n) is 6.59. The third-order valence-corrected chi connectivity index (χ3v) is 5.10. The van der Waals surface area contributed by atoms with Crippen molar-refractivity contribution < 1.29 is 4.79 Å². The second-order valence-electron chi connectivity index (χ2n) is 5.40. The molecule has 0 saturated carbocycles. The Kier molecular flexibility index (Phi) is 3.11.